The van der Waals surface area contributed by atoms with Crippen LogP contribution in [0.25, 0.3) is 11.1 Å². The maximum absolute atomic E-state index is 16.4. The Morgan fingerprint density at radius 1 is 1.02 bits per heavy atom. The van der Waals surface area contributed by atoms with E-state index in [-0.39, 0.29) is 41.8 Å². The summed E-state index contributed by atoms with van der Waals surface area (Å²) in [5.41, 5.74) is -4.43. The zero-order valence-corrected chi connectivity index (χ0v) is 22.4. The SMILES string of the molecule is C[C@@H]1CN(c2cc(F)c(-c3ccc4c(c3)OCCO4)c(F)c2NC(=O)c2c[nH]c(=O)cc2C(F)(F)F)C[C@H](C)N1C. The number of amides is 1. The second-order valence-electron chi connectivity index (χ2n) is 10.1. The van der Waals surface area contributed by atoms with Crippen molar-refractivity contribution in [2.75, 3.05) is 43.6 Å². The van der Waals surface area contributed by atoms with Gasteiger partial charge in [-0.2, -0.15) is 13.2 Å². The number of nitrogens with one attached hydrogen (secondary N) is 2. The summed E-state index contributed by atoms with van der Waals surface area (Å²) < 4.78 is 84.1. The molecular weight excluding hydrogens is 551 g/mol. The van der Waals surface area contributed by atoms with E-state index < -0.39 is 51.7 Å². The number of carbonyl (C=O) groups is 1. The minimum absolute atomic E-state index is 0.0283. The fraction of sp³-hybridized carbons (Fsp3) is 0.357. The van der Waals surface area contributed by atoms with Gasteiger partial charge < -0.3 is 24.7 Å². The third kappa shape index (κ3) is 5.45. The molecule has 1 aromatic heterocycles. The third-order valence-corrected chi connectivity index (χ3v) is 7.44. The molecule has 0 bridgehead atoms. The Bertz CT molecular complexity index is 1550. The van der Waals surface area contributed by atoms with Gasteiger partial charge >= 0.3 is 6.18 Å². The maximum atomic E-state index is 16.4. The lowest BCUT2D eigenvalue weighted by Gasteiger charge is -2.44. The Morgan fingerprint density at radius 3 is 2.34 bits per heavy atom. The van der Waals surface area contributed by atoms with Crippen LogP contribution in [0.3, 0.4) is 0 Å². The van der Waals surface area contributed by atoms with Gasteiger partial charge in [0.05, 0.1) is 22.4 Å². The summed E-state index contributed by atoms with van der Waals surface area (Å²) in [6.45, 7) is 5.06. The van der Waals surface area contributed by atoms with Crippen molar-refractivity contribution >= 4 is 17.3 Å². The molecule has 0 spiro atoms. The quantitative estimate of drug-likeness (QED) is 0.429. The highest BCUT2D eigenvalue weighted by Crippen LogP contribution is 2.42. The number of hydrogen-bond acceptors (Lipinski definition) is 6. The van der Waals surface area contributed by atoms with Crippen molar-refractivity contribution in [3.8, 4) is 22.6 Å². The molecule has 13 heteroatoms. The van der Waals surface area contributed by atoms with Crippen LogP contribution in [-0.2, 0) is 6.18 Å². The summed E-state index contributed by atoms with van der Waals surface area (Å²) in [5.74, 6) is -2.78. The number of hydrogen-bond donors (Lipinski definition) is 2. The van der Waals surface area contributed by atoms with E-state index in [1.807, 2.05) is 20.9 Å². The van der Waals surface area contributed by atoms with Gasteiger partial charge in [-0.3, -0.25) is 14.5 Å². The Morgan fingerprint density at radius 2 is 1.68 bits per heavy atom. The average molecular weight is 579 g/mol. The molecule has 8 nitrogen and oxygen atoms in total. The van der Waals surface area contributed by atoms with Gasteiger partial charge in [-0.15, -0.1) is 0 Å². The lowest BCUT2D eigenvalue weighted by Crippen LogP contribution is -2.55. The number of fused-ring (bicyclic) bond motifs is 1. The number of likely N-dealkylation sites (N-methyl/N-ethyl adjacent to an activating group) is 1. The van der Waals surface area contributed by atoms with Crippen LogP contribution in [0.1, 0.15) is 29.8 Å². The van der Waals surface area contributed by atoms with Crippen molar-refractivity contribution < 1.29 is 36.2 Å². The second-order valence-corrected chi connectivity index (χ2v) is 10.1. The molecule has 41 heavy (non-hydrogen) atoms. The smallest absolute Gasteiger partial charge is 0.417 e. The Hall–Kier alpha value is -4.13. The van der Waals surface area contributed by atoms with Crippen molar-refractivity contribution in [1.29, 1.82) is 0 Å². The summed E-state index contributed by atoms with van der Waals surface area (Å²) in [6, 6.07) is 5.54. The number of alkyl halides is 3. The number of carbonyl (C=O) groups excluding carboxylic acids is 1. The van der Waals surface area contributed by atoms with Crippen LogP contribution in [0.2, 0.25) is 0 Å². The third-order valence-electron chi connectivity index (χ3n) is 7.44. The van der Waals surface area contributed by atoms with E-state index >= 15 is 8.78 Å². The molecule has 2 aliphatic rings. The Balaban J connectivity index is 1.65. The molecule has 1 saturated heterocycles. The van der Waals surface area contributed by atoms with E-state index in [2.05, 4.69) is 15.2 Å². The van der Waals surface area contributed by atoms with Crippen molar-refractivity contribution in [1.82, 2.24) is 9.88 Å². The number of ether oxygens (including phenoxy) is 2. The molecule has 2 aromatic carbocycles. The first-order chi connectivity index (χ1) is 19.3. The number of anilines is 2. The number of nitrogens with zero attached hydrogens (tertiary/aromatic N) is 2. The molecule has 2 N–H and O–H groups in total. The number of aromatic amines is 1. The van der Waals surface area contributed by atoms with E-state index in [1.54, 1.807) is 4.90 Å². The fourth-order valence-corrected chi connectivity index (χ4v) is 5.11. The van der Waals surface area contributed by atoms with Gasteiger partial charge in [0.1, 0.15) is 24.7 Å². The Kier molecular flexibility index (Phi) is 7.41. The monoisotopic (exact) mass is 578 g/mol. The summed E-state index contributed by atoms with van der Waals surface area (Å²) in [7, 11) is 1.91. The number of H-pyrrole nitrogens is 1. The molecule has 2 atom stereocenters. The Labute approximate surface area is 231 Å². The highest BCUT2D eigenvalue weighted by Gasteiger charge is 2.37. The first-order valence-corrected chi connectivity index (χ1v) is 12.8. The van der Waals surface area contributed by atoms with Crippen LogP contribution in [-0.4, -0.2) is 61.2 Å². The zero-order chi connectivity index (χ0) is 29.6. The predicted molar refractivity (Wildman–Crippen MR) is 142 cm³/mol. The predicted octanol–water partition coefficient (Wildman–Crippen LogP) is 4.89. The molecule has 1 fully saturated rings. The van der Waals surface area contributed by atoms with Crippen LogP contribution in [0.4, 0.5) is 33.3 Å². The molecule has 1 amide bonds. The molecule has 3 aromatic rings. The van der Waals surface area contributed by atoms with E-state index in [9.17, 15) is 22.8 Å². The minimum atomic E-state index is -5.04. The van der Waals surface area contributed by atoms with Crippen LogP contribution in [0.5, 0.6) is 11.5 Å². The molecule has 0 saturated carbocycles. The number of rotatable bonds is 4. The van der Waals surface area contributed by atoms with E-state index in [0.29, 0.717) is 31.6 Å². The van der Waals surface area contributed by atoms with Crippen molar-refractivity contribution in [3.63, 3.8) is 0 Å². The standard InChI is InChI=1S/C28H27F5N4O4/c1-14-12-37(13-15(2)36(14)3)20-10-19(29)24(16-4-5-21-22(8-16)41-7-6-40-21)25(30)26(20)35-27(39)17-11-34-23(38)9-18(17)28(31,32)33/h4-5,8-11,14-15H,6-7,12-13H2,1-3H3,(H,34,38)(H,35,39)/t14-,15+. The van der Waals surface area contributed by atoms with Crippen molar-refractivity contribution in [2.24, 2.45) is 0 Å². The van der Waals surface area contributed by atoms with Gasteiger partial charge in [0.2, 0.25) is 5.56 Å². The van der Waals surface area contributed by atoms with Crippen molar-refractivity contribution in [3.05, 3.63) is 69.6 Å². The van der Waals surface area contributed by atoms with Gasteiger partial charge in [-0.1, -0.05) is 6.07 Å². The van der Waals surface area contributed by atoms with Crippen molar-refractivity contribution in [2.45, 2.75) is 32.1 Å². The number of piperazine rings is 1. The summed E-state index contributed by atoms with van der Waals surface area (Å²) in [6.07, 6.45) is -4.42. The van der Waals surface area contributed by atoms with Crippen LogP contribution in [0, 0.1) is 11.6 Å². The van der Waals surface area contributed by atoms with E-state index in [0.717, 1.165) is 6.07 Å². The van der Waals surface area contributed by atoms with E-state index in [1.165, 1.54) is 18.2 Å². The molecular formula is C28H27F5N4O4. The normalized spacial score (nSPS) is 19.3. The van der Waals surface area contributed by atoms with Gasteiger partial charge in [0, 0.05) is 43.5 Å². The number of benzene rings is 2. The number of halogens is 5. The minimum Gasteiger partial charge on any atom is -0.486 e. The molecule has 5 rings (SSSR count). The van der Waals surface area contributed by atoms with Gasteiger partial charge in [-0.05, 0) is 38.6 Å². The molecule has 0 aliphatic carbocycles. The van der Waals surface area contributed by atoms with Gasteiger partial charge in [0.25, 0.3) is 5.91 Å². The fourth-order valence-electron chi connectivity index (χ4n) is 5.11. The first-order valence-electron chi connectivity index (χ1n) is 12.8. The number of pyridine rings is 1. The van der Waals surface area contributed by atoms with Crippen LogP contribution >= 0.6 is 0 Å². The largest absolute Gasteiger partial charge is 0.486 e. The molecule has 218 valence electrons. The molecule has 2 aliphatic heterocycles. The molecule has 3 heterocycles. The lowest BCUT2D eigenvalue weighted by molar-refractivity contribution is -0.138. The number of aromatic nitrogens is 1. The summed E-state index contributed by atoms with van der Waals surface area (Å²) >= 11 is 0. The lowest BCUT2D eigenvalue weighted by atomic mass is 9.99. The van der Waals surface area contributed by atoms with Crippen LogP contribution in [0.15, 0.2) is 41.3 Å². The highest BCUT2D eigenvalue weighted by atomic mass is 19.4. The maximum Gasteiger partial charge on any atom is 0.417 e. The topological polar surface area (TPSA) is 86.9 Å². The first kappa shape index (κ1) is 28.4. The summed E-state index contributed by atoms with van der Waals surface area (Å²) in [4.78, 5) is 30.6. The van der Waals surface area contributed by atoms with Gasteiger partial charge in [0.15, 0.2) is 17.3 Å². The van der Waals surface area contributed by atoms with Gasteiger partial charge in [-0.25, -0.2) is 8.78 Å². The highest BCUT2D eigenvalue weighted by molar-refractivity contribution is 6.07. The second kappa shape index (κ2) is 10.7. The molecule has 0 unspecified atom stereocenters. The average Bonchev–Trinajstić information content (AvgIpc) is 2.92. The van der Waals surface area contributed by atoms with E-state index in [4.69, 9.17) is 9.47 Å². The van der Waals surface area contributed by atoms with Crippen LogP contribution < -0.4 is 25.2 Å². The molecule has 0 radical (unpaired) electrons. The summed E-state index contributed by atoms with van der Waals surface area (Å²) in [5, 5.41) is 2.25. The zero-order valence-electron chi connectivity index (χ0n) is 22.4.